The molecule has 0 saturated heterocycles. The van der Waals surface area contributed by atoms with E-state index in [1.165, 1.54) is 7.05 Å². The number of hydrogen-bond donors (Lipinski definition) is 3. The normalized spacial score (nSPS) is 11.9. The van der Waals surface area contributed by atoms with E-state index >= 15 is 0 Å². The standard InChI is InChI=1S/C9H18N2O3/c1-7(9(14)10-2)11-8(13)5-3-4-6-12/h7,12H,3-6H2,1-2H3,(H,10,14)(H,11,13). The summed E-state index contributed by atoms with van der Waals surface area (Å²) in [5, 5.41) is 13.5. The van der Waals surface area contributed by atoms with Gasteiger partial charge in [-0.25, -0.2) is 0 Å². The predicted molar refractivity (Wildman–Crippen MR) is 52.6 cm³/mol. The molecule has 0 rings (SSSR count). The smallest absolute Gasteiger partial charge is 0.242 e. The molecule has 0 radical (unpaired) electrons. The molecule has 0 aromatic rings. The first-order valence-electron chi connectivity index (χ1n) is 4.73. The summed E-state index contributed by atoms with van der Waals surface area (Å²) in [6.45, 7) is 1.72. The lowest BCUT2D eigenvalue weighted by Crippen LogP contribution is -2.43. The minimum absolute atomic E-state index is 0.0955. The molecule has 3 N–H and O–H groups in total. The number of unbranched alkanes of at least 4 members (excludes halogenated alkanes) is 1. The zero-order chi connectivity index (χ0) is 11.0. The molecule has 0 fully saturated rings. The number of aliphatic hydroxyl groups is 1. The van der Waals surface area contributed by atoms with Crippen molar-refractivity contribution in [3.63, 3.8) is 0 Å². The molecular formula is C9H18N2O3. The van der Waals surface area contributed by atoms with Crippen LogP contribution in [0, 0.1) is 0 Å². The van der Waals surface area contributed by atoms with Crippen LogP contribution in [0.4, 0.5) is 0 Å². The Labute approximate surface area is 83.9 Å². The van der Waals surface area contributed by atoms with E-state index in [1.807, 2.05) is 0 Å². The van der Waals surface area contributed by atoms with Gasteiger partial charge in [0.2, 0.25) is 11.8 Å². The van der Waals surface area contributed by atoms with Crippen LogP contribution in [0.25, 0.3) is 0 Å². The Balaban J connectivity index is 3.65. The third-order valence-electron chi connectivity index (χ3n) is 1.83. The molecular weight excluding hydrogens is 184 g/mol. The SMILES string of the molecule is CNC(=O)C(C)NC(=O)CCCCO. The molecule has 0 aliphatic heterocycles. The fourth-order valence-electron chi connectivity index (χ4n) is 0.993. The Hall–Kier alpha value is -1.10. The van der Waals surface area contributed by atoms with Crippen LogP contribution in [0.5, 0.6) is 0 Å². The van der Waals surface area contributed by atoms with E-state index in [0.717, 1.165) is 0 Å². The summed E-state index contributed by atoms with van der Waals surface area (Å²) in [6.07, 6.45) is 1.60. The van der Waals surface area contributed by atoms with Crippen molar-refractivity contribution in [2.75, 3.05) is 13.7 Å². The van der Waals surface area contributed by atoms with E-state index in [-0.39, 0.29) is 18.4 Å². The number of rotatable bonds is 6. The number of carbonyl (C=O) groups excluding carboxylic acids is 2. The van der Waals surface area contributed by atoms with Crippen LogP contribution < -0.4 is 10.6 Å². The van der Waals surface area contributed by atoms with E-state index in [0.29, 0.717) is 19.3 Å². The van der Waals surface area contributed by atoms with Crippen LogP contribution >= 0.6 is 0 Å². The topological polar surface area (TPSA) is 78.4 Å². The summed E-state index contributed by atoms with van der Waals surface area (Å²) in [5.74, 6) is -0.366. The van der Waals surface area contributed by atoms with Crippen molar-refractivity contribution in [3.8, 4) is 0 Å². The van der Waals surface area contributed by atoms with Gasteiger partial charge in [0.1, 0.15) is 6.04 Å². The monoisotopic (exact) mass is 202 g/mol. The zero-order valence-electron chi connectivity index (χ0n) is 8.67. The van der Waals surface area contributed by atoms with Crippen molar-refractivity contribution in [2.45, 2.75) is 32.2 Å². The van der Waals surface area contributed by atoms with Gasteiger partial charge in [0.05, 0.1) is 0 Å². The zero-order valence-corrected chi connectivity index (χ0v) is 8.67. The molecule has 0 heterocycles. The minimum Gasteiger partial charge on any atom is -0.396 e. The van der Waals surface area contributed by atoms with Gasteiger partial charge in [-0.1, -0.05) is 0 Å². The van der Waals surface area contributed by atoms with Crippen LogP contribution in [0.1, 0.15) is 26.2 Å². The van der Waals surface area contributed by atoms with Gasteiger partial charge >= 0.3 is 0 Å². The highest BCUT2D eigenvalue weighted by Gasteiger charge is 2.12. The molecule has 1 atom stereocenters. The van der Waals surface area contributed by atoms with Crippen LogP contribution in [0.3, 0.4) is 0 Å². The number of likely N-dealkylation sites (N-methyl/N-ethyl adjacent to an activating group) is 1. The van der Waals surface area contributed by atoms with E-state index in [1.54, 1.807) is 6.92 Å². The average molecular weight is 202 g/mol. The molecule has 0 spiro atoms. The van der Waals surface area contributed by atoms with Gasteiger partial charge in [0.25, 0.3) is 0 Å². The number of aliphatic hydroxyl groups excluding tert-OH is 1. The number of amides is 2. The summed E-state index contributed by atoms with van der Waals surface area (Å²) in [6, 6.07) is -0.498. The first kappa shape index (κ1) is 12.9. The maximum absolute atomic E-state index is 11.2. The van der Waals surface area contributed by atoms with Gasteiger partial charge in [-0.15, -0.1) is 0 Å². The van der Waals surface area contributed by atoms with Gasteiger partial charge in [0, 0.05) is 20.1 Å². The summed E-state index contributed by atoms with van der Waals surface area (Å²) in [7, 11) is 1.52. The summed E-state index contributed by atoms with van der Waals surface area (Å²) in [4.78, 5) is 22.2. The Morgan fingerprint density at radius 3 is 2.50 bits per heavy atom. The lowest BCUT2D eigenvalue weighted by atomic mass is 10.2. The number of nitrogens with one attached hydrogen (secondary N) is 2. The predicted octanol–water partition coefficient (Wildman–Crippen LogP) is -0.600. The largest absolute Gasteiger partial charge is 0.396 e. The van der Waals surface area contributed by atoms with Crippen molar-refractivity contribution in [2.24, 2.45) is 0 Å². The quantitative estimate of drug-likeness (QED) is 0.503. The summed E-state index contributed by atoms with van der Waals surface area (Å²) < 4.78 is 0. The van der Waals surface area contributed by atoms with Crippen molar-refractivity contribution in [1.29, 1.82) is 0 Å². The maximum atomic E-state index is 11.2. The van der Waals surface area contributed by atoms with E-state index in [4.69, 9.17) is 5.11 Å². The molecule has 2 amide bonds. The first-order chi connectivity index (χ1) is 6.61. The fraction of sp³-hybridized carbons (Fsp3) is 0.778. The number of carbonyl (C=O) groups is 2. The number of hydrogen-bond acceptors (Lipinski definition) is 3. The molecule has 0 aliphatic carbocycles. The minimum atomic E-state index is -0.498. The maximum Gasteiger partial charge on any atom is 0.242 e. The molecule has 0 saturated carbocycles. The van der Waals surface area contributed by atoms with Crippen molar-refractivity contribution < 1.29 is 14.7 Å². The highest BCUT2D eigenvalue weighted by atomic mass is 16.3. The molecule has 0 aromatic heterocycles. The second-order valence-electron chi connectivity index (χ2n) is 3.08. The third-order valence-corrected chi connectivity index (χ3v) is 1.83. The molecule has 0 aliphatic rings. The Morgan fingerprint density at radius 1 is 1.36 bits per heavy atom. The van der Waals surface area contributed by atoms with Crippen molar-refractivity contribution in [3.05, 3.63) is 0 Å². The molecule has 5 heteroatoms. The first-order valence-corrected chi connectivity index (χ1v) is 4.73. The molecule has 5 nitrogen and oxygen atoms in total. The molecule has 82 valence electrons. The highest BCUT2D eigenvalue weighted by Crippen LogP contribution is 1.94. The van der Waals surface area contributed by atoms with E-state index in [2.05, 4.69) is 10.6 Å². The Bertz CT molecular complexity index is 194. The van der Waals surface area contributed by atoms with Crippen molar-refractivity contribution in [1.82, 2.24) is 10.6 Å². The Kier molecular flexibility index (Phi) is 6.74. The lowest BCUT2D eigenvalue weighted by Gasteiger charge is -2.11. The molecule has 0 aromatic carbocycles. The summed E-state index contributed by atoms with van der Waals surface area (Å²) >= 11 is 0. The van der Waals surface area contributed by atoms with E-state index in [9.17, 15) is 9.59 Å². The molecule has 1 unspecified atom stereocenters. The second-order valence-corrected chi connectivity index (χ2v) is 3.08. The fourth-order valence-corrected chi connectivity index (χ4v) is 0.993. The average Bonchev–Trinajstić information content (AvgIpc) is 2.16. The van der Waals surface area contributed by atoms with Gasteiger partial charge in [0.15, 0.2) is 0 Å². The van der Waals surface area contributed by atoms with Gasteiger partial charge < -0.3 is 15.7 Å². The van der Waals surface area contributed by atoms with E-state index < -0.39 is 6.04 Å². The third kappa shape index (κ3) is 5.53. The second kappa shape index (κ2) is 7.32. The Morgan fingerprint density at radius 2 is 2.00 bits per heavy atom. The van der Waals surface area contributed by atoms with Gasteiger partial charge in [-0.2, -0.15) is 0 Å². The highest BCUT2D eigenvalue weighted by molar-refractivity contribution is 5.86. The van der Waals surface area contributed by atoms with Crippen LogP contribution in [-0.4, -0.2) is 36.6 Å². The van der Waals surface area contributed by atoms with Crippen LogP contribution in [-0.2, 0) is 9.59 Å². The van der Waals surface area contributed by atoms with Crippen molar-refractivity contribution >= 4 is 11.8 Å². The molecule has 14 heavy (non-hydrogen) atoms. The molecule has 0 bridgehead atoms. The van der Waals surface area contributed by atoms with Gasteiger partial charge in [-0.3, -0.25) is 9.59 Å². The lowest BCUT2D eigenvalue weighted by molar-refractivity contribution is -0.128. The van der Waals surface area contributed by atoms with Gasteiger partial charge in [-0.05, 0) is 19.8 Å². The van der Waals surface area contributed by atoms with Crippen LogP contribution in [0.15, 0.2) is 0 Å². The van der Waals surface area contributed by atoms with Crippen LogP contribution in [0.2, 0.25) is 0 Å². The summed E-state index contributed by atoms with van der Waals surface area (Å²) in [5.41, 5.74) is 0.